The maximum absolute atomic E-state index is 12.1. The quantitative estimate of drug-likeness (QED) is 0.767. The number of nitrogens with zero attached hydrogens (tertiary/aromatic N) is 1. The highest BCUT2D eigenvalue weighted by Crippen LogP contribution is 2.21. The molecule has 2 saturated heterocycles. The number of nitrogens with one attached hydrogen (secondary N) is 1. The molecule has 0 aromatic heterocycles. The molecule has 2 fully saturated rings. The first-order chi connectivity index (χ1) is 7.70. The van der Waals surface area contributed by atoms with Gasteiger partial charge in [-0.25, -0.2) is 0 Å². The molecule has 1 amide bonds. The van der Waals surface area contributed by atoms with Crippen LogP contribution in [0.5, 0.6) is 0 Å². The summed E-state index contributed by atoms with van der Waals surface area (Å²) in [7, 11) is 1.65. The van der Waals surface area contributed by atoms with E-state index in [-0.39, 0.29) is 11.8 Å². The van der Waals surface area contributed by atoms with Gasteiger partial charge in [-0.2, -0.15) is 0 Å². The van der Waals surface area contributed by atoms with E-state index in [1.807, 2.05) is 11.8 Å². The van der Waals surface area contributed by atoms with E-state index in [1.165, 1.54) is 12.8 Å². The summed E-state index contributed by atoms with van der Waals surface area (Å²) in [6.45, 7) is 4.25. The van der Waals surface area contributed by atoms with Gasteiger partial charge in [-0.1, -0.05) is 6.92 Å². The number of carbonyl (C=O) groups is 1. The highest BCUT2D eigenvalue weighted by molar-refractivity contribution is 5.78. The minimum atomic E-state index is -0.0124. The van der Waals surface area contributed by atoms with Gasteiger partial charge in [0.1, 0.15) is 0 Å². The Kier molecular flexibility index (Phi) is 3.82. The van der Waals surface area contributed by atoms with E-state index >= 15 is 0 Å². The summed E-state index contributed by atoms with van der Waals surface area (Å²) >= 11 is 0. The minimum absolute atomic E-state index is 0.0124. The van der Waals surface area contributed by atoms with Crippen LogP contribution in [0.25, 0.3) is 0 Å². The van der Waals surface area contributed by atoms with Gasteiger partial charge < -0.3 is 15.0 Å². The lowest BCUT2D eigenvalue weighted by molar-refractivity contribution is -0.136. The molecule has 0 aliphatic carbocycles. The van der Waals surface area contributed by atoms with Crippen LogP contribution in [0.2, 0.25) is 0 Å². The molecular weight excluding hydrogens is 204 g/mol. The Morgan fingerprint density at radius 2 is 2.19 bits per heavy atom. The minimum Gasteiger partial charge on any atom is -0.384 e. The fraction of sp³-hybridized carbons (Fsp3) is 0.917. The first-order valence-electron chi connectivity index (χ1n) is 6.24. The van der Waals surface area contributed by atoms with Gasteiger partial charge in [-0.3, -0.25) is 4.79 Å². The van der Waals surface area contributed by atoms with Gasteiger partial charge in [-0.05, 0) is 19.3 Å². The fourth-order valence-corrected chi connectivity index (χ4v) is 2.78. The van der Waals surface area contributed by atoms with Crippen LogP contribution >= 0.6 is 0 Å². The van der Waals surface area contributed by atoms with Crippen molar-refractivity contribution in [3.8, 4) is 0 Å². The highest BCUT2D eigenvalue weighted by atomic mass is 16.5. The van der Waals surface area contributed by atoms with Gasteiger partial charge in [0.15, 0.2) is 0 Å². The van der Waals surface area contributed by atoms with E-state index in [0.29, 0.717) is 18.7 Å². The average molecular weight is 226 g/mol. The Morgan fingerprint density at radius 1 is 1.44 bits per heavy atom. The molecule has 3 unspecified atom stereocenters. The number of likely N-dealkylation sites (tertiary alicyclic amines) is 1. The van der Waals surface area contributed by atoms with Crippen LogP contribution < -0.4 is 5.32 Å². The second-order valence-corrected chi connectivity index (χ2v) is 5.07. The maximum Gasteiger partial charge on any atom is 0.227 e. The molecule has 2 rings (SSSR count). The lowest BCUT2D eigenvalue weighted by atomic mass is 10.1. The third kappa shape index (κ3) is 2.55. The standard InChI is InChI=1S/C12H22N2O2/c1-9(8-16-2)12(15)14-6-5-10-3-4-11(7-14)13-10/h9-11,13H,3-8H2,1-2H3. The number of hydrogen-bond acceptors (Lipinski definition) is 3. The summed E-state index contributed by atoms with van der Waals surface area (Å²) in [6, 6.07) is 1.16. The Balaban J connectivity index is 1.91. The zero-order chi connectivity index (χ0) is 11.5. The van der Waals surface area contributed by atoms with Crippen molar-refractivity contribution in [1.29, 1.82) is 0 Å². The van der Waals surface area contributed by atoms with Gasteiger partial charge in [0.25, 0.3) is 0 Å². The normalized spacial score (nSPS) is 31.2. The summed E-state index contributed by atoms with van der Waals surface area (Å²) in [6.07, 6.45) is 3.59. The lowest BCUT2D eigenvalue weighted by Crippen LogP contribution is -2.42. The number of hydrogen-bond donors (Lipinski definition) is 1. The van der Waals surface area contributed by atoms with Gasteiger partial charge in [0.05, 0.1) is 12.5 Å². The topological polar surface area (TPSA) is 41.6 Å². The van der Waals surface area contributed by atoms with Crippen LogP contribution in [0.1, 0.15) is 26.2 Å². The molecule has 0 radical (unpaired) electrons. The van der Waals surface area contributed by atoms with Crippen LogP contribution in [0.4, 0.5) is 0 Å². The second kappa shape index (κ2) is 5.15. The summed E-state index contributed by atoms with van der Waals surface area (Å²) in [4.78, 5) is 14.1. The molecule has 3 atom stereocenters. The molecule has 92 valence electrons. The smallest absolute Gasteiger partial charge is 0.227 e. The van der Waals surface area contributed by atoms with Crippen LogP contribution in [0.15, 0.2) is 0 Å². The molecule has 4 nitrogen and oxygen atoms in total. The molecule has 2 heterocycles. The highest BCUT2D eigenvalue weighted by Gasteiger charge is 2.32. The first kappa shape index (κ1) is 11.9. The van der Waals surface area contributed by atoms with E-state index in [9.17, 15) is 4.79 Å². The van der Waals surface area contributed by atoms with Crippen LogP contribution in [-0.4, -0.2) is 49.7 Å². The average Bonchev–Trinajstić information content (AvgIpc) is 2.58. The predicted octanol–water partition coefficient (Wildman–Crippen LogP) is 0.622. The maximum atomic E-state index is 12.1. The third-order valence-corrected chi connectivity index (χ3v) is 3.67. The van der Waals surface area contributed by atoms with E-state index in [4.69, 9.17) is 4.74 Å². The first-order valence-corrected chi connectivity index (χ1v) is 6.24. The number of rotatable bonds is 3. The zero-order valence-corrected chi connectivity index (χ0v) is 10.2. The number of carbonyl (C=O) groups excluding carboxylic acids is 1. The van der Waals surface area contributed by atoms with Crippen molar-refractivity contribution < 1.29 is 9.53 Å². The van der Waals surface area contributed by atoms with Crippen molar-refractivity contribution in [3.63, 3.8) is 0 Å². The molecule has 0 aromatic carbocycles. The van der Waals surface area contributed by atoms with Crippen molar-refractivity contribution in [2.45, 2.75) is 38.3 Å². The molecule has 2 aliphatic heterocycles. The lowest BCUT2D eigenvalue weighted by Gasteiger charge is -2.26. The van der Waals surface area contributed by atoms with Crippen molar-refractivity contribution in [1.82, 2.24) is 10.2 Å². The fourth-order valence-electron chi connectivity index (χ4n) is 2.78. The van der Waals surface area contributed by atoms with E-state index in [2.05, 4.69) is 5.32 Å². The SMILES string of the molecule is COCC(C)C(=O)N1CCC2CCC(C1)N2. The third-order valence-electron chi connectivity index (χ3n) is 3.67. The summed E-state index contributed by atoms with van der Waals surface area (Å²) < 4.78 is 5.05. The van der Waals surface area contributed by atoms with E-state index in [1.54, 1.807) is 7.11 Å². The van der Waals surface area contributed by atoms with Crippen molar-refractivity contribution >= 4 is 5.91 Å². The van der Waals surface area contributed by atoms with Gasteiger partial charge in [0, 0.05) is 32.3 Å². The summed E-state index contributed by atoms with van der Waals surface area (Å²) in [5.74, 6) is 0.234. The Morgan fingerprint density at radius 3 is 2.94 bits per heavy atom. The number of amides is 1. The van der Waals surface area contributed by atoms with Gasteiger partial charge in [-0.15, -0.1) is 0 Å². The van der Waals surface area contributed by atoms with E-state index < -0.39 is 0 Å². The monoisotopic (exact) mass is 226 g/mol. The van der Waals surface area contributed by atoms with Crippen molar-refractivity contribution in [2.24, 2.45) is 5.92 Å². The summed E-state index contributed by atoms with van der Waals surface area (Å²) in [5.41, 5.74) is 0. The van der Waals surface area contributed by atoms with E-state index in [0.717, 1.165) is 19.5 Å². The molecule has 2 aliphatic rings. The number of methoxy groups -OCH3 is 1. The Hall–Kier alpha value is -0.610. The summed E-state index contributed by atoms with van der Waals surface area (Å²) in [5, 5.41) is 3.58. The largest absolute Gasteiger partial charge is 0.384 e. The molecule has 16 heavy (non-hydrogen) atoms. The molecule has 0 aromatic rings. The molecule has 1 N–H and O–H groups in total. The predicted molar refractivity (Wildman–Crippen MR) is 62.2 cm³/mol. The van der Waals surface area contributed by atoms with Gasteiger partial charge in [0.2, 0.25) is 5.91 Å². The van der Waals surface area contributed by atoms with Crippen LogP contribution in [-0.2, 0) is 9.53 Å². The van der Waals surface area contributed by atoms with Crippen LogP contribution in [0.3, 0.4) is 0 Å². The zero-order valence-electron chi connectivity index (χ0n) is 10.2. The van der Waals surface area contributed by atoms with Crippen LogP contribution in [0, 0.1) is 5.92 Å². The van der Waals surface area contributed by atoms with Crippen molar-refractivity contribution in [2.75, 3.05) is 26.8 Å². The second-order valence-electron chi connectivity index (χ2n) is 5.07. The molecular formula is C12H22N2O2. The Bertz CT molecular complexity index is 257. The number of ether oxygens (including phenoxy) is 1. The van der Waals surface area contributed by atoms with Crippen molar-refractivity contribution in [3.05, 3.63) is 0 Å². The number of fused-ring (bicyclic) bond motifs is 2. The molecule has 2 bridgehead atoms. The Labute approximate surface area is 97.3 Å². The van der Waals surface area contributed by atoms with Gasteiger partial charge >= 0.3 is 0 Å². The molecule has 0 saturated carbocycles. The molecule has 4 heteroatoms. The molecule has 0 spiro atoms.